The number of benzene rings is 1. The van der Waals surface area contributed by atoms with E-state index >= 15 is 0 Å². The van der Waals surface area contributed by atoms with Crippen molar-refractivity contribution in [2.24, 2.45) is 0 Å². The van der Waals surface area contributed by atoms with Crippen LogP contribution in [0.5, 0.6) is 0 Å². The second kappa shape index (κ2) is 5.88. The number of rotatable bonds is 3. The predicted molar refractivity (Wildman–Crippen MR) is 81.5 cm³/mol. The monoisotopic (exact) mass is 306 g/mol. The summed E-state index contributed by atoms with van der Waals surface area (Å²) in [7, 11) is 1.53. The maximum Gasteiger partial charge on any atom is 0.269 e. The van der Waals surface area contributed by atoms with Gasteiger partial charge in [-0.05, 0) is 24.7 Å². The molecule has 8 heteroatoms. The van der Waals surface area contributed by atoms with Gasteiger partial charge >= 0.3 is 0 Å². The van der Waals surface area contributed by atoms with Crippen LogP contribution in [-0.2, 0) is 4.79 Å². The summed E-state index contributed by atoms with van der Waals surface area (Å²) in [5.41, 5.74) is 1.64. The molecule has 0 bridgehead atoms. The van der Waals surface area contributed by atoms with Gasteiger partial charge in [0.15, 0.2) is 5.11 Å². The van der Waals surface area contributed by atoms with Crippen molar-refractivity contribution in [2.45, 2.75) is 13.0 Å². The molecule has 1 aromatic carbocycles. The van der Waals surface area contributed by atoms with Gasteiger partial charge in [-0.1, -0.05) is 12.1 Å². The lowest BCUT2D eigenvalue weighted by atomic mass is 9.94. The average molecular weight is 306 g/mol. The second-order valence-corrected chi connectivity index (χ2v) is 4.91. The molecule has 110 valence electrons. The fourth-order valence-electron chi connectivity index (χ4n) is 2.20. The van der Waals surface area contributed by atoms with E-state index in [4.69, 9.17) is 12.2 Å². The molecule has 1 aromatic rings. The summed E-state index contributed by atoms with van der Waals surface area (Å²) in [6, 6.07) is 5.60. The lowest BCUT2D eigenvalue weighted by Gasteiger charge is -2.30. The normalized spacial score (nSPS) is 17.8. The smallest absolute Gasteiger partial charge is 0.269 e. The molecule has 1 amide bonds. The minimum atomic E-state index is -0.529. The highest BCUT2D eigenvalue weighted by molar-refractivity contribution is 7.80. The van der Waals surface area contributed by atoms with Crippen molar-refractivity contribution >= 4 is 28.9 Å². The van der Waals surface area contributed by atoms with Gasteiger partial charge in [0.25, 0.3) is 11.6 Å². The molecule has 2 rings (SSSR count). The Bertz CT molecular complexity index is 657. The van der Waals surface area contributed by atoms with Crippen molar-refractivity contribution in [2.75, 3.05) is 7.05 Å². The van der Waals surface area contributed by atoms with Crippen molar-refractivity contribution in [3.8, 4) is 0 Å². The first kappa shape index (κ1) is 14.9. The topological polar surface area (TPSA) is 96.3 Å². The molecule has 0 saturated heterocycles. The van der Waals surface area contributed by atoms with Gasteiger partial charge in [-0.2, -0.15) is 0 Å². The first-order valence-electron chi connectivity index (χ1n) is 6.18. The number of allylic oxidation sites excluding steroid dienone is 1. The number of hydrogen-bond donors (Lipinski definition) is 3. The number of nitro groups is 1. The molecule has 1 aliphatic rings. The first-order valence-corrected chi connectivity index (χ1v) is 6.59. The Morgan fingerprint density at radius 3 is 2.81 bits per heavy atom. The number of likely N-dealkylation sites (N-methyl/N-ethyl adjacent to an activating group) is 1. The largest absolute Gasteiger partial charge is 0.355 e. The van der Waals surface area contributed by atoms with Crippen LogP contribution in [0.1, 0.15) is 18.5 Å². The minimum absolute atomic E-state index is 0.0346. The van der Waals surface area contributed by atoms with Gasteiger partial charge in [-0.3, -0.25) is 14.9 Å². The highest BCUT2D eigenvalue weighted by Crippen LogP contribution is 2.28. The van der Waals surface area contributed by atoms with Crippen LogP contribution in [0.4, 0.5) is 5.69 Å². The van der Waals surface area contributed by atoms with Crippen LogP contribution in [0.15, 0.2) is 35.5 Å². The third-order valence-electron chi connectivity index (χ3n) is 3.16. The standard InChI is InChI=1S/C13H14N4O3S/c1-7-10(12(18)14-2)11(16-13(21)15-7)8-4-3-5-9(6-8)17(19)20/h3-6,11H,1-2H3,(H,14,18)(H2,15,16,21). The molecule has 0 aliphatic carbocycles. The highest BCUT2D eigenvalue weighted by Gasteiger charge is 2.29. The van der Waals surface area contributed by atoms with Crippen LogP contribution in [0.3, 0.4) is 0 Å². The average Bonchev–Trinajstić information content (AvgIpc) is 2.45. The molecule has 1 heterocycles. The van der Waals surface area contributed by atoms with Gasteiger partial charge < -0.3 is 16.0 Å². The molecular formula is C13H14N4O3S. The molecule has 21 heavy (non-hydrogen) atoms. The molecule has 1 unspecified atom stereocenters. The van der Waals surface area contributed by atoms with Gasteiger partial charge in [0.2, 0.25) is 0 Å². The van der Waals surface area contributed by atoms with Crippen molar-refractivity contribution in [1.29, 1.82) is 0 Å². The van der Waals surface area contributed by atoms with E-state index in [1.165, 1.54) is 19.2 Å². The van der Waals surface area contributed by atoms with Crippen LogP contribution in [-0.4, -0.2) is 23.0 Å². The Morgan fingerprint density at radius 1 is 1.48 bits per heavy atom. The van der Waals surface area contributed by atoms with E-state index < -0.39 is 11.0 Å². The number of hydrogen-bond acceptors (Lipinski definition) is 4. The Morgan fingerprint density at radius 2 is 2.19 bits per heavy atom. The van der Waals surface area contributed by atoms with Crippen molar-refractivity contribution < 1.29 is 9.72 Å². The number of thiocarbonyl (C=S) groups is 1. The lowest BCUT2D eigenvalue weighted by Crippen LogP contribution is -2.46. The summed E-state index contributed by atoms with van der Waals surface area (Å²) >= 11 is 5.10. The fourth-order valence-corrected chi connectivity index (χ4v) is 2.47. The third kappa shape index (κ3) is 3.00. The lowest BCUT2D eigenvalue weighted by molar-refractivity contribution is -0.384. The number of nitro benzene ring substituents is 1. The Labute approximate surface area is 126 Å². The number of nitrogens with zero attached hydrogens (tertiary/aromatic N) is 1. The Hall–Kier alpha value is -2.48. The predicted octanol–water partition coefficient (Wildman–Crippen LogP) is 1.13. The molecular weight excluding hydrogens is 292 g/mol. The zero-order valence-electron chi connectivity index (χ0n) is 11.5. The van der Waals surface area contributed by atoms with Crippen molar-refractivity contribution in [3.63, 3.8) is 0 Å². The van der Waals surface area contributed by atoms with Gasteiger partial charge in [0.1, 0.15) is 0 Å². The van der Waals surface area contributed by atoms with Crippen molar-refractivity contribution in [3.05, 3.63) is 51.2 Å². The summed E-state index contributed by atoms with van der Waals surface area (Å²) in [5, 5.41) is 19.7. The van der Waals surface area contributed by atoms with E-state index in [0.717, 1.165) is 0 Å². The maximum atomic E-state index is 12.1. The first-order chi connectivity index (χ1) is 9.93. The van der Waals surface area contributed by atoms with E-state index in [1.807, 2.05) is 0 Å². The van der Waals surface area contributed by atoms with Crippen LogP contribution in [0, 0.1) is 10.1 Å². The van der Waals surface area contributed by atoms with E-state index in [1.54, 1.807) is 19.1 Å². The van der Waals surface area contributed by atoms with Gasteiger partial charge in [-0.15, -0.1) is 0 Å². The van der Waals surface area contributed by atoms with Gasteiger partial charge in [0.05, 0.1) is 16.5 Å². The molecule has 1 aliphatic heterocycles. The molecule has 0 radical (unpaired) electrons. The summed E-state index contributed by atoms with van der Waals surface area (Å²) in [6.07, 6.45) is 0. The van der Waals surface area contributed by atoms with E-state index in [-0.39, 0.29) is 11.6 Å². The van der Waals surface area contributed by atoms with Crippen LogP contribution in [0.25, 0.3) is 0 Å². The maximum absolute atomic E-state index is 12.1. The number of carbonyl (C=O) groups is 1. The third-order valence-corrected chi connectivity index (χ3v) is 3.38. The molecule has 0 fully saturated rings. The Kier molecular flexibility index (Phi) is 4.18. The molecule has 0 saturated carbocycles. The van der Waals surface area contributed by atoms with Gasteiger partial charge in [0, 0.05) is 24.9 Å². The van der Waals surface area contributed by atoms with Gasteiger partial charge in [-0.25, -0.2) is 0 Å². The minimum Gasteiger partial charge on any atom is -0.355 e. The van der Waals surface area contributed by atoms with E-state index in [9.17, 15) is 14.9 Å². The number of nitrogens with one attached hydrogen (secondary N) is 3. The van der Waals surface area contributed by atoms with E-state index in [2.05, 4.69) is 16.0 Å². The highest BCUT2D eigenvalue weighted by atomic mass is 32.1. The van der Waals surface area contributed by atoms with Crippen molar-refractivity contribution in [1.82, 2.24) is 16.0 Å². The molecule has 3 N–H and O–H groups in total. The molecule has 1 atom stereocenters. The zero-order valence-corrected chi connectivity index (χ0v) is 12.3. The summed E-state index contributed by atoms with van der Waals surface area (Å²) in [6.45, 7) is 1.74. The molecule has 0 spiro atoms. The second-order valence-electron chi connectivity index (χ2n) is 4.50. The summed E-state index contributed by atoms with van der Waals surface area (Å²) in [5.74, 6) is -0.272. The summed E-state index contributed by atoms with van der Waals surface area (Å²) in [4.78, 5) is 22.5. The SMILES string of the molecule is CNC(=O)C1=C(C)NC(=S)NC1c1cccc([N+](=O)[O-])c1. The quantitative estimate of drug-likeness (QED) is 0.440. The zero-order chi connectivity index (χ0) is 15.6. The molecule has 7 nitrogen and oxygen atoms in total. The van der Waals surface area contributed by atoms with Crippen LogP contribution in [0.2, 0.25) is 0 Å². The Balaban J connectivity index is 2.51. The van der Waals surface area contributed by atoms with Crippen LogP contribution < -0.4 is 16.0 Å². The fraction of sp³-hybridized carbons (Fsp3) is 0.231. The number of non-ortho nitro benzene ring substituents is 1. The summed E-state index contributed by atoms with van der Waals surface area (Å²) < 4.78 is 0. The number of amides is 1. The van der Waals surface area contributed by atoms with Crippen LogP contribution >= 0.6 is 12.2 Å². The molecule has 0 aromatic heterocycles. The van der Waals surface area contributed by atoms with E-state index in [0.29, 0.717) is 21.9 Å². The number of carbonyl (C=O) groups excluding carboxylic acids is 1.